The second kappa shape index (κ2) is 8.88. The second-order valence-corrected chi connectivity index (χ2v) is 6.67. The van der Waals surface area contributed by atoms with Crippen LogP contribution in [0.3, 0.4) is 0 Å². The zero-order valence-electron chi connectivity index (χ0n) is 16.1. The number of carbonyl (C=O) groups is 2. The van der Waals surface area contributed by atoms with Gasteiger partial charge in [-0.1, -0.05) is 5.92 Å². The van der Waals surface area contributed by atoms with Gasteiger partial charge in [0.1, 0.15) is 17.6 Å². The molecule has 1 aromatic carbocycles. The molecule has 7 nitrogen and oxygen atoms in total. The Balaban J connectivity index is 0.000000290. The zero-order valence-corrected chi connectivity index (χ0v) is 16.1. The van der Waals surface area contributed by atoms with Crippen molar-refractivity contribution in [2.45, 2.75) is 38.7 Å². The van der Waals surface area contributed by atoms with Crippen molar-refractivity contribution in [1.82, 2.24) is 15.1 Å². The molecular weight excluding hydrogens is 377 g/mol. The van der Waals surface area contributed by atoms with Gasteiger partial charge in [-0.05, 0) is 50.8 Å². The summed E-state index contributed by atoms with van der Waals surface area (Å²) in [4.78, 5) is 22.2. The van der Waals surface area contributed by atoms with Crippen molar-refractivity contribution in [3.63, 3.8) is 0 Å². The van der Waals surface area contributed by atoms with Crippen molar-refractivity contribution in [1.29, 1.82) is 0 Å². The number of aromatic nitrogens is 2. The first-order valence-electron chi connectivity index (χ1n) is 9.46. The third kappa shape index (κ3) is 4.30. The van der Waals surface area contributed by atoms with E-state index in [1.54, 1.807) is 13.0 Å². The van der Waals surface area contributed by atoms with Gasteiger partial charge >= 0.3 is 5.97 Å². The number of hydrogen-bond acceptors (Lipinski definition) is 5. The largest absolute Gasteiger partial charge is 0.461 e. The van der Waals surface area contributed by atoms with Crippen molar-refractivity contribution in [2.24, 2.45) is 0 Å². The van der Waals surface area contributed by atoms with Crippen molar-refractivity contribution >= 4 is 11.9 Å². The second-order valence-electron chi connectivity index (χ2n) is 6.67. The van der Waals surface area contributed by atoms with Gasteiger partial charge in [-0.25, -0.2) is 13.9 Å². The minimum absolute atomic E-state index is 0.236. The van der Waals surface area contributed by atoms with Gasteiger partial charge in [0.15, 0.2) is 5.69 Å². The molecule has 1 aliphatic carbocycles. The minimum atomic E-state index is -0.736. The molecule has 1 saturated heterocycles. The maximum absolute atomic E-state index is 14.2. The van der Waals surface area contributed by atoms with E-state index in [2.05, 4.69) is 16.3 Å². The lowest BCUT2D eigenvalue weighted by Gasteiger charge is -2.07. The summed E-state index contributed by atoms with van der Waals surface area (Å²) in [5.41, 5.74) is 2.82. The summed E-state index contributed by atoms with van der Waals surface area (Å²) in [5, 5.41) is 15.4. The summed E-state index contributed by atoms with van der Waals surface area (Å²) < 4.78 is 20.7. The summed E-state index contributed by atoms with van der Waals surface area (Å²) in [6.45, 7) is 2.65. The van der Waals surface area contributed by atoms with Crippen LogP contribution >= 0.6 is 0 Å². The average Bonchev–Trinajstić information content (AvgIpc) is 3.41. The molecule has 2 aliphatic rings. The van der Waals surface area contributed by atoms with Gasteiger partial charge in [-0.2, -0.15) is 5.10 Å². The highest BCUT2D eigenvalue weighted by molar-refractivity contribution is 5.89. The molecule has 4 rings (SSSR count). The van der Waals surface area contributed by atoms with Crippen molar-refractivity contribution < 1.29 is 23.8 Å². The van der Waals surface area contributed by atoms with Crippen LogP contribution in [-0.2, 0) is 22.4 Å². The van der Waals surface area contributed by atoms with Crippen LogP contribution in [0.5, 0.6) is 0 Å². The fourth-order valence-corrected chi connectivity index (χ4v) is 3.35. The highest BCUT2D eigenvalue weighted by Crippen LogP contribution is 2.29. The summed E-state index contributed by atoms with van der Waals surface area (Å²) in [6, 6.07) is 4.42. The van der Waals surface area contributed by atoms with Gasteiger partial charge in [0.05, 0.1) is 6.61 Å². The zero-order chi connectivity index (χ0) is 21.0. The van der Waals surface area contributed by atoms with Gasteiger partial charge in [-0.15, -0.1) is 6.42 Å². The predicted molar refractivity (Wildman–Crippen MR) is 103 cm³/mol. The van der Waals surface area contributed by atoms with Gasteiger partial charge < -0.3 is 15.2 Å². The van der Waals surface area contributed by atoms with Crippen LogP contribution in [0.25, 0.3) is 5.69 Å². The van der Waals surface area contributed by atoms with Crippen LogP contribution in [-0.4, -0.2) is 46.0 Å². The lowest BCUT2D eigenvalue weighted by molar-refractivity contribution is -0.126. The van der Waals surface area contributed by atoms with Crippen LogP contribution in [0, 0.1) is 18.2 Å². The Morgan fingerprint density at radius 1 is 1.48 bits per heavy atom. The number of rotatable bonds is 3. The maximum Gasteiger partial charge on any atom is 0.359 e. The molecule has 0 saturated carbocycles. The van der Waals surface area contributed by atoms with E-state index < -0.39 is 17.9 Å². The molecule has 2 heterocycles. The Bertz CT molecular complexity index is 977. The van der Waals surface area contributed by atoms with E-state index >= 15 is 0 Å². The maximum atomic E-state index is 14.2. The van der Waals surface area contributed by atoms with E-state index in [0.29, 0.717) is 18.5 Å². The molecule has 1 unspecified atom stereocenters. The monoisotopic (exact) mass is 399 g/mol. The van der Waals surface area contributed by atoms with Crippen LogP contribution in [0.1, 0.15) is 47.1 Å². The molecule has 1 atom stereocenters. The molecule has 1 aromatic heterocycles. The molecule has 2 aromatic rings. The van der Waals surface area contributed by atoms with Crippen molar-refractivity contribution in [3.8, 4) is 18.0 Å². The topological polar surface area (TPSA) is 93.5 Å². The number of fused-ring (bicyclic) bond motifs is 1. The van der Waals surface area contributed by atoms with E-state index in [4.69, 9.17) is 16.3 Å². The number of nitrogens with one attached hydrogen (secondary N) is 1. The van der Waals surface area contributed by atoms with Crippen LogP contribution in [0.2, 0.25) is 0 Å². The first kappa shape index (κ1) is 20.6. The number of nitrogens with zero attached hydrogens (tertiary/aromatic N) is 2. The Morgan fingerprint density at radius 3 is 2.86 bits per heavy atom. The SMILES string of the molecule is C#Cc1ccc(F)c(-n2nc(C(=O)OCC)c3c2CCC3)c1.O=C1NCCC1O. The highest BCUT2D eigenvalue weighted by Gasteiger charge is 2.28. The lowest BCUT2D eigenvalue weighted by atomic mass is 10.2. The van der Waals surface area contributed by atoms with Gasteiger partial charge in [0, 0.05) is 23.4 Å². The van der Waals surface area contributed by atoms with Gasteiger partial charge in [0.25, 0.3) is 0 Å². The summed E-state index contributed by atoms with van der Waals surface area (Å²) in [6.07, 6.45) is 7.62. The summed E-state index contributed by atoms with van der Waals surface area (Å²) in [7, 11) is 0. The third-order valence-corrected chi connectivity index (χ3v) is 4.76. The van der Waals surface area contributed by atoms with Crippen molar-refractivity contribution in [3.05, 3.63) is 46.5 Å². The fourth-order valence-electron chi connectivity index (χ4n) is 3.35. The molecule has 152 valence electrons. The number of esters is 1. The molecule has 8 heteroatoms. The normalized spacial score (nSPS) is 17.0. The Morgan fingerprint density at radius 2 is 2.28 bits per heavy atom. The Kier molecular flexibility index (Phi) is 6.29. The quantitative estimate of drug-likeness (QED) is 0.603. The van der Waals surface area contributed by atoms with Gasteiger partial charge in [-0.3, -0.25) is 4.79 Å². The summed E-state index contributed by atoms with van der Waals surface area (Å²) >= 11 is 0. The third-order valence-electron chi connectivity index (χ3n) is 4.76. The van der Waals surface area contributed by atoms with E-state index in [9.17, 15) is 14.0 Å². The predicted octanol–water partition coefficient (Wildman–Crippen LogP) is 1.53. The number of aliphatic hydroxyl groups is 1. The van der Waals surface area contributed by atoms with Crippen LogP contribution in [0.15, 0.2) is 18.2 Å². The highest BCUT2D eigenvalue weighted by atomic mass is 19.1. The number of aliphatic hydroxyl groups excluding tert-OH is 1. The smallest absolute Gasteiger partial charge is 0.359 e. The fraction of sp³-hybridized carbons (Fsp3) is 0.381. The first-order valence-corrected chi connectivity index (χ1v) is 9.46. The molecule has 2 N–H and O–H groups in total. The molecule has 0 radical (unpaired) electrons. The van der Waals surface area contributed by atoms with E-state index in [0.717, 1.165) is 30.5 Å². The molecule has 1 fully saturated rings. The standard InChI is InChI=1S/C17H15FN2O2.C4H7NO2/c1-3-11-8-9-13(18)15(10-11)20-14-7-5-6-12(14)16(19-20)17(21)22-4-2;6-3-1-2-5-4(3)7/h1,8-10H,4-7H2,2H3;3,6H,1-2H2,(H,5,7). The molecule has 0 spiro atoms. The number of hydrogen-bond donors (Lipinski definition) is 2. The molecule has 1 amide bonds. The van der Waals surface area contributed by atoms with E-state index in [1.807, 2.05) is 0 Å². The van der Waals surface area contributed by atoms with Crippen LogP contribution in [0.4, 0.5) is 4.39 Å². The number of ether oxygens (including phenoxy) is 1. The molecular formula is C21H22FN3O4. The van der Waals surface area contributed by atoms with Gasteiger partial charge in [0.2, 0.25) is 5.91 Å². The lowest BCUT2D eigenvalue weighted by Crippen LogP contribution is -2.21. The minimum Gasteiger partial charge on any atom is -0.461 e. The van der Waals surface area contributed by atoms with Crippen molar-refractivity contribution in [2.75, 3.05) is 13.2 Å². The number of benzene rings is 1. The number of amides is 1. The average molecular weight is 399 g/mol. The van der Waals surface area contributed by atoms with Crippen LogP contribution < -0.4 is 5.32 Å². The van der Waals surface area contributed by atoms with E-state index in [-0.39, 0.29) is 23.9 Å². The first-order chi connectivity index (χ1) is 14.0. The number of carbonyl (C=O) groups excluding carboxylic acids is 2. The molecule has 1 aliphatic heterocycles. The Labute approximate surface area is 167 Å². The summed E-state index contributed by atoms with van der Waals surface area (Å²) in [5.74, 6) is 1.36. The number of halogens is 1. The molecule has 29 heavy (non-hydrogen) atoms. The van der Waals surface area contributed by atoms with E-state index in [1.165, 1.54) is 16.8 Å². The molecule has 0 bridgehead atoms. The Hall–Kier alpha value is -3.18. The number of terminal acetylenes is 1.